The van der Waals surface area contributed by atoms with Gasteiger partial charge in [0, 0.05) is 26.1 Å². The highest BCUT2D eigenvalue weighted by atomic mass is 35.5. The van der Waals surface area contributed by atoms with Crippen molar-refractivity contribution in [3.05, 3.63) is 46.8 Å². The Hall–Kier alpha value is -2.38. The molecule has 0 spiro atoms. The molecule has 0 radical (unpaired) electrons. The number of methoxy groups -OCH3 is 2. The number of carbonyl (C=O) groups is 1. The van der Waals surface area contributed by atoms with Gasteiger partial charge in [-0.05, 0) is 31.1 Å². The highest BCUT2D eigenvalue weighted by Gasteiger charge is 2.31. The number of nitrogens with zero attached hydrogens (tertiary/aromatic N) is 3. The van der Waals surface area contributed by atoms with Gasteiger partial charge in [0.05, 0.1) is 20.0 Å². The molecule has 0 bridgehead atoms. The van der Waals surface area contributed by atoms with Crippen molar-refractivity contribution in [2.75, 3.05) is 38.8 Å². The predicted octanol–water partition coefficient (Wildman–Crippen LogP) is 3.55. The molecule has 2 aromatic heterocycles. The number of anilines is 1. The molecule has 27 heavy (non-hydrogen) atoms. The number of halogens is 1. The summed E-state index contributed by atoms with van der Waals surface area (Å²) in [5.41, 5.74) is 0.100. The van der Waals surface area contributed by atoms with Gasteiger partial charge in [0.2, 0.25) is 0 Å². The molecule has 0 N–H and O–H groups in total. The van der Waals surface area contributed by atoms with Gasteiger partial charge in [0.1, 0.15) is 16.6 Å². The molecular weight excluding hydrogens is 370 g/mol. The average Bonchev–Trinajstić information content (AvgIpc) is 3.40. The lowest BCUT2D eigenvalue weighted by atomic mass is 10.3. The van der Waals surface area contributed by atoms with E-state index in [9.17, 15) is 4.79 Å². The van der Waals surface area contributed by atoms with Crippen molar-refractivity contribution in [2.45, 2.75) is 18.8 Å². The SMILES string of the molecule is COCCN(C/C=C/c1ccco1)c1nc(C2CC2)nc(C(=O)OC)c1Cl. The maximum absolute atomic E-state index is 12.1. The van der Waals surface area contributed by atoms with Crippen molar-refractivity contribution >= 4 is 29.5 Å². The third-order valence-electron chi connectivity index (χ3n) is 4.19. The van der Waals surface area contributed by atoms with Gasteiger partial charge in [-0.3, -0.25) is 0 Å². The molecule has 1 aliphatic rings. The van der Waals surface area contributed by atoms with E-state index in [1.54, 1.807) is 13.4 Å². The molecule has 1 fully saturated rings. The summed E-state index contributed by atoms with van der Waals surface area (Å²) < 4.78 is 15.4. The highest BCUT2D eigenvalue weighted by molar-refractivity contribution is 6.35. The van der Waals surface area contributed by atoms with E-state index in [0.717, 1.165) is 18.6 Å². The van der Waals surface area contributed by atoms with Crippen LogP contribution in [-0.2, 0) is 9.47 Å². The summed E-state index contributed by atoms with van der Waals surface area (Å²) in [6, 6.07) is 3.70. The quantitative estimate of drug-likeness (QED) is 0.605. The molecule has 0 saturated heterocycles. The number of hydrogen-bond donors (Lipinski definition) is 0. The number of carbonyl (C=O) groups excluding carboxylic acids is 1. The van der Waals surface area contributed by atoms with Gasteiger partial charge in [-0.1, -0.05) is 17.7 Å². The molecule has 1 saturated carbocycles. The average molecular weight is 392 g/mol. The number of hydrogen-bond acceptors (Lipinski definition) is 7. The largest absolute Gasteiger partial charge is 0.465 e. The van der Waals surface area contributed by atoms with Crippen LogP contribution in [0.2, 0.25) is 5.02 Å². The fourth-order valence-corrected chi connectivity index (χ4v) is 2.87. The fraction of sp³-hybridized carbons (Fsp3) is 0.421. The smallest absolute Gasteiger partial charge is 0.358 e. The minimum absolute atomic E-state index is 0.100. The van der Waals surface area contributed by atoms with E-state index in [1.807, 2.05) is 29.2 Å². The third kappa shape index (κ3) is 4.87. The van der Waals surface area contributed by atoms with Gasteiger partial charge in [-0.2, -0.15) is 0 Å². The van der Waals surface area contributed by atoms with Gasteiger partial charge < -0.3 is 18.8 Å². The summed E-state index contributed by atoms with van der Waals surface area (Å²) in [4.78, 5) is 23.1. The van der Waals surface area contributed by atoms with Crippen LogP contribution in [0, 0.1) is 0 Å². The molecule has 8 heteroatoms. The zero-order chi connectivity index (χ0) is 19.2. The second kappa shape index (κ2) is 9.01. The first kappa shape index (κ1) is 19.4. The van der Waals surface area contributed by atoms with E-state index in [4.69, 9.17) is 25.5 Å². The van der Waals surface area contributed by atoms with E-state index in [2.05, 4.69) is 9.97 Å². The number of ether oxygens (including phenoxy) is 2. The Balaban J connectivity index is 1.91. The first-order valence-electron chi connectivity index (χ1n) is 8.73. The van der Waals surface area contributed by atoms with Crippen molar-refractivity contribution in [2.24, 2.45) is 0 Å². The first-order chi connectivity index (χ1) is 13.1. The minimum atomic E-state index is -0.566. The standard InChI is InChI=1S/C19H22ClN3O4/c1-25-12-10-23(9-3-5-14-6-4-11-27-14)18-15(20)16(19(24)26-2)21-17(22-18)13-7-8-13/h3-6,11,13H,7-10,12H2,1-2H3/b5-3+. The predicted molar refractivity (Wildman–Crippen MR) is 102 cm³/mol. The summed E-state index contributed by atoms with van der Waals surface area (Å²) in [6.45, 7) is 1.56. The molecular formula is C19H22ClN3O4. The fourth-order valence-electron chi connectivity index (χ4n) is 2.59. The zero-order valence-electron chi connectivity index (χ0n) is 15.4. The van der Waals surface area contributed by atoms with Gasteiger partial charge in [0.15, 0.2) is 11.5 Å². The van der Waals surface area contributed by atoms with Crippen LogP contribution < -0.4 is 4.90 Å². The number of furan rings is 1. The molecule has 3 rings (SSSR count). The van der Waals surface area contributed by atoms with Crippen LogP contribution in [0.5, 0.6) is 0 Å². The molecule has 0 aromatic carbocycles. The lowest BCUT2D eigenvalue weighted by Crippen LogP contribution is -2.29. The van der Waals surface area contributed by atoms with Crippen LogP contribution in [0.25, 0.3) is 6.08 Å². The van der Waals surface area contributed by atoms with Crippen molar-refractivity contribution < 1.29 is 18.7 Å². The maximum Gasteiger partial charge on any atom is 0.358 e. The Morgan fingerprint density at radius 2 is 2.22 bits per heavy atom. The summed E-state index contributed by atoms with van der Waals surface area (Å²) in [6.07, 6.45) is 7.46. The molecule has 7 nitrogen and oxygen atoms in total. The maximum atomic E-state index is 12.1. The summed E-state index contributed by atoms with van der Waals surface area (Å²) in [5.74, 6) is 1.60. The number of rotatable bonds is 9. The van der Waals surface area contributed by atoms with E-state index in [0.29, 0.717) is 31.3 Å². The van der Waals surface area contributed by atoms with Gasteiger partial charge >= 0.3 is 5.97 Å². The van der Waals surface area contributed by atoms with E-state index < -0.39 is 5.97 Å². The second-order valence-electron chi connectivity index (χ2n) is 6.19. The van der Waals surface area contributed by atoms with Gasteiger partial charge in [-0.25, -0.2) is 14.8 Å². The molecule has 2 heterocycles. The molecule has 0 aliphatic heterocycles. The van der Waals surface area contributed by atoms with Crippen molar-refractivity contribution in [3.8, 4) is 0 Å². The number of aromatic nitrogens is 2. The van der Waals surface area contributed by atoms with E-state index in [-0.39, 0.29) is 16.6 Å². The Kier molecular flexibility index (Phi) is 6.47. The molecule has 0 amide bonds. The number of esters is 1. The Morgan fingerprint density at radius 3 is 2.85 bits per heavy atom. The highest BCUT2D eigenvalue weighted by Crippen LogP contribution is 2.40. The van der Waals surface area contributed by atoms with Crippen molar-refractivity contribution in [1.82, 2.24) is 9.97 Å². The van der Waals surface area contributed by atoms with Crippen LogP contribution in [0.1, 0.15) is 40.8 Å². The van der Waals surface area contributed by atoms with E-state index >= 15 is 0 Å². The topological polar surface area (TPSA) is 77.7 Å². The Morgan fingerprint density at radius 1 is 1.41 bits per heavy atom. The van der Waals surface area contributed by atoms with Crippen LogP contribution in [-0.4, -0.2) is 49.9 Å². The van der Waals surface area contributed by atoms with Gasteiger partial charge in [-0.15, -0.1) is 0 Å². The van der Waals surface area contributed by atoms with Crippen LogP contribution in [0.15, 0.2) is 28.9 Å². The van der Waals surface area contributed by atoms with Crippen molar-refractivity contribution in [1.29, 1.82) is 0 Å². The molecule has 1 aliphatic carbocycles. The monoisotopic (exact) mass is 391 g/mol. The second-order valence-corrected chi connectivity index (χ2v) is 6.57. The lowest BCUT2D eigenvalue weighted by molar-refractivity contribution is 0.0593. The zero-order valence-corrected chi connectivity index (χ0v) is 16.1. The van der Waals surface area contributed by atoms with Crippen LogP contribution in [0.4, 0.5) is 5.82 Å². The first-order valence-corrected chi connectivity index (χ1v) is 9.11. The van der Waals surface area contributed by atoms with E-state index in [1.165, 1.54) is 7.11 Å². The summed E-state index contributed by atoms with van der Waals surface area (Å²) >= 11 is 6.48. The normalized spacial score (nSPS) is 13.9. The Labute approximate surface area is 162 Å². The van der Waals surface area contributed by atoms with Crippen LogP contribution >= 0.6 is 11.6 Å². The molecule has 2 aromatic rings. The third-order valence-corrected chi connectivity index (χ3v) is 4.54. The van der Waals surface area contributed by atoms with Gasteiger partial charge in [0.25, 0.3) is 0 Å². The summed E-state index contributed by atoms with van der Waals surface area (Å²) in [5, 5.41) is 0.189. The molecule has 0 unspecified atom stereocenters. The molecule has 144 valence electrons. The molecule has 0 atom stereocenters. The van der Waals surface area contributed by atoms with Crippen molar-refractivity contribution in [3.63, 3.8) is 0 Å². The minimum Gasteiger partial charge on any atom is -0.465 e. The van der Waals surface area contributed by atoms with Crippen LogP contribution in [0.3, 0.4) is 0 Å². The summed E-state index contributed by atoms with van der Waals surface area (Å²) in [7, 11) is 2.94. The Bertz CT molecular complexity index is 804. The lowest BCUT2D eigenvalue weighted by Gasteiger charge is -2.24.